The average Bonchev–Trinajstić information content (AvgIpc) is 3.41. The van der Waals surface area contributed by atoms with Gasteiger partial charge in [-0.05, 0) is 31.5 Å². The number of thioether (sulfide) groups is 1. The summed E-state index contributed by atoms with van der Waals surface area (Å²) in [6, 6.07) is 7.47. The van der Waals surface area contributed by atoms with Gasteiger partial charge in [0.1, 0.15) is 0 Å². The molecule has 2 amide bonds. The zero-order chi connectivity index (χ0) is 20.2. The van der Waals surface area contributed by atoms with E-state index in [9.17, 15) is 9.59 Å². The topological polar surface area (TPSA) is 65.5 Å². The standard InChI is InChI=1S/C21H26N4O2S2/c1-2-24-12-9-16-18(13-24)29-21(22-16)23-20(27)15-7-3-4-8-17(15)28-14-19(26)25-10-5-6-11-25/h3-4,7-8H,2,5-6,9-14H2,1H3,(H,22,23,27). The number of hydrogen-bond donors (Lipinski definition) is 1. The van der Waals surface area contributed by atoms with Crippen LogP contribution in [-0.4, -0.2) is 58.5 Å². The number of rotatable bonds is 6. The van der Waals surface area contributed by atoms with Gasteiger partial charge in [-0.3, -0.25) is 19.8 Å². The van der Waals surface area contributed by atoms with Gasteiger partial charge in [0.05, 0.1) is 17.0 Å². The van der Waals surface area contributed by atoms with Crippen molar-refractivity contribution < 1.29 is 9.59 Å². The van der Waals surface area contributed by atoms with Gasteiger partial charge >= 0.3 is 0 Å². The number of carbonyl (C=O) groups excluding carboxylic acids is 2. The Morgan fingerprint density at radius 1 is 1.21 bits per heavy atom. The number of anilines is 1. The maximum Gasteiger partial charge on any atom is 0.258 e. The van der Waals surface area contributed by atoms with Gasteiger partial charge in [-0.1, -0.05) is 19.1 Å². The van der Waals surface area contributed by atoms with Crippen LogP contribution in [0.3, 0.4) is 0 Å². The molecule has 2 aliphatic rings. The lowest BCUT2D eigenvalue weighted by atomic mass is 10.2. The predicted molar refractivity (Wildman–Crippen MR) is 118 cm³/mol. The lowest BCUT2D eigenvalue weighted by Crippen LogP contribution is -2.29. The summed E-state index contributed by atoms with van der Waals surface area (Å²) in [5.74, 6) is 0.346. The van der Waals surface area contributed by atoms with Crippen LogP contribution in [0.4, 0.5) is 5.13 Å². The second-order valence-electron chi connectivity index (χ2n) is 7.33. The summed E-state index contributed by atoms with van der Waals surface area (Å²) in [6.07, 6.45) is 3.10. The summed E-state index contributed by atoms with van der Waals surface area (Å²) >= 11 is 3.00. The molecular weight excluding hydrogens is 404 g/mol. The number of carbonyl (C=O) groups is 2. The van der Waals surface area contributed by atoms with E-state index in [4.69, 9.17) is 0 Å². The second-order valence-corrected chi connectivity index (χ2v) is 9.44. The second kappa shape index (κ2) is 9.28. The minimum absolute atomic E-state index is 0.149. The fraction of sp³-hybridized carbons (Fsp3) is 0.476. The quantitative estimate of drug-likeness (QED) is 0.711. The van der Waals surface area contributed by atoms with Crippen molar-refractivity contribution in [3.63, 3.8) is 0 Å². The normalized spacial score (nSPS) is 16.7. The molecule has 0 atom stereocenters. The average molecular weight is 431 g/mol. The monoisotopic (exact) mass is 430 g/mol. The summed E-state index contributed by atoms with van der Waals surface area (Å²) in [7, 11) is 0. The molecule has 1 aromatic carbocycles. The molecule has 0 aliphatic carbocycles. The van der Waals surface area contributed by atoms with Crippen molar-refractivity contribution in [2.45, 2.75) is 37.6 Å². The molecule has 3 heterocycles. The van der Waals surface area contributed by atoms with E-state index in [0.29, 0.717) is 16.4 Å². The number of amides is 2. The molecule has 4 rings (SSSR count). The molecule has 2 aromatic rings. The number of hydrogen-bond acceptors (Lipinski definition) is 6. The van der Waals surface area contributed by atoms with Gasteiger partial charge in [0.15, 0.2) is 5.13 Å². The number of likely N-dealkylation sites (tertiary alicyclic amines) is 1. The van der Waals surface area contributed by atoms with Crippen molar-refractivity contribution in [3.8, 4) is 0 Å². The van der Waals surface area contributed by atoms with Crippen LogP contribution in [0, 0.1) is 0 Å². The predicted octanol–water partition coefficient (Wildman–Crippen LogP) is 3.49. The molecule has 6 nitrogen and oxygen atoms in total. The first-order valence-electron chi connectivity index (χ1n) is 10.2. The molecule has 1 fully saturated rings. The van der Waals surface area contributed by atoms with Crippen molar-refractivity contribution in [3.05, 3.63) is 40.4 Å². The molecule has 0 spiro atoms. The summed E-state index contributed by atoms with van der Waals surface area (Å²) in [4.78, 5) is 36.3. The van der Waals surface area contributed by atoms with E-state index in [0.717, 1.165) is 62.6 Å². The molecular formula is C21H26N4O2S2. The molecule has 0 unspecified atom stereocenters. The first kappa shape index (κ1) is 20.4. The molecule has 154 valence electrons. The van der Waals surface area contributed by atoms with Gasteiger partial charge in [0, 0.05) is 42.4 Å². The number of benzene rings is 1. The van der Waals surface area contributed by atoms with E-state index in [-0.39, 0.29) is 11.8 Å². The molecule has 1 saturated heterocycles. The van der Waals surface area contributed by atoms with Gasteiger partial charge in [-0.25, -0.2) is 4.98 Å². The Labute approximate surface area is 179 Å². The van der Waals surface area contributed by atoms with Crippen LogP contribution in [0.1, 0.15) is 40.7 Å². The van der Waals surface area contributed by atoms with Gasteiger partial charge in [0.25, 0.3) is 5.91 Å². The fourth-order valence-corrected chi connectivity index (χ4v) is 5.71. The Hall–Kier alpha value is -1.90. The highest BCUT2D eigenvalue weighted by atomic mass is 32.2. The molecule has 0 saturated carbocycles. The highest BCUT2D eigenvalue weighted by Gasteiger charge is 2.22. The maximum atomic E-state index is 12.9. The van der Waals surface area contributed by atoms with E-state index < -0.39 is 0 Å². The SMILES string of the molecule is CCN1CCc2nc(NC(=O)c3ccccc3SCC(=O)N3CCCC3)sc2C1. The lowest BCUT2D eigenvalue weighted by molar-refractivity contribution is -0.127. The van der Waals surface area contributed by atoms with E-state index >= 15 is 0 Å². The molecule has 0 radical (unpaired) electrons. The Balaban J connectivity index is 1.41. The fourth-order valence-electron chi connectivity index (χ4n) is 3.71. The zero-order valence-electron chi connectivity index (χ0n) is 16.6. The lowest BCUT2D eigenvalue weighted by Gasteiger charge is -2.23. The Morgan fingerprint density at radius 3 is 2.79 bits per heavy atom. The maximum absolute atomic E-state index is 12.9. The summed E-state index contributed by atoms with van der Waals surface area (Å²) in [5.41, 5.74) is 1.70. The largest absolute Gasteiger partial charge is 0.342 e. The van der Waals surface area contributed by atoms with Crippen LogP contribution in [-0.2, 0) is 17.8 Å². The number of nitrogens with one attached hydrogen (secondary N) is 1. The number of fused-ring (bicyclic) bond motifs is 1. The van der Waals surface area contributed by atoms with Crippen LogP contribution in [0.5, 0.6) is 0 Å². The van der Waals surface area contributed by atoms with Crippen molar-refractivity contribution >= 4 is 40.0 Å². The van der Waals surface area contributed by atoms with Crippen LogP contribution >= 0.6 is 23.1 Å². The Morgan fingerprint density at radius 2 is 2.00 bits per heavy atom. The Bertz CT molecular complexity index is 893. The first-order chi connectivity index (χ1) is 14.1. The summed E-state index contributed by atoms with van der Waals surface area (Å²) in [6.45, 7) is 6.82. The highest BCUT2D eigenvalue weighted by Crippen LogP contribution is 2.30. The van der Waals surface area contributed by atoms with E-state index in [2.05, 4.69) is 22.1 Å². The van der Waals surface area contributed by atoms with Crippen LogP contribution < -0.4 is 5.32 Å². The summed E-state index contributed by atoms with van der Waals surface area (Å²) < 4.78 is 0. The van der Waals surface area contributed by atoms with Gasteiger partial charge in [-0.2, -0.15) is 0 Å². The van der Waals surface area contributed by atoms with Crippen LogP contribution in [0.25, 0.3) is 0 Å². The first-order valence-corrected chi connectivity index (χ1v) is 12.0. The van der Waals surface area contributed by atoms with Crippen LogP contribution in [0.15, 0.2) is 29.2 Å². The number of likely N-dealkylation sites (N-methyl/N-ethyl adjacent to an activating group) is 1. The molecule has 1 N–H and O–H groups in total. The van der Waals surface area contributed by atoms with Gasteiger partial charge in [0.2, 0.25) is 5.91 Å². The molecule has 0 bridgehead atoms. The molecule has 29 heavy (non-hydrogen) atoms. The third kappa shape index (κ3) is 4.82. The van der Waals surface area contributed by atoms with Crippen molar-refractivity contribution in [1.82, 2.24) is 14.8 Å². The molecule has 2 aliphatic heterocycles. The Kier molecular flexibility index (Phi) is 6.52. The van der Waals surface area contributed by atoms with Crippen molar-refractivity contribution in [1.29, 1.82) is 0 Å². The third-order valence-electron chi connectivity index (χ3n) is 5.42. The zero-order valence-corrected chi connectivity index (χ0v) is 18.3. The minimum Gasteiger partial charge on any atom is -0.342 e. The van der Waals surface area contributed by atoms with Gasteiger partial charge < -0.3 is 4.90 Å². The highest BCUT2D eigenvalue weighted by molar-refractivity contribution is 8.00. The van der Waals surface area contributed by atoms with Crippen molar-refractivity contribution in [2.75, 3.05) is 37.2 Å². The van der Waals surface area contributed by atoms with Gasteiger partial charge in [-0.15, -0.1) is 23.1 Å². The molecule has 1 aromatic heterocycles. The summed E-state index contributed by atoms with van der Waals surface area (Å²) in [5, 5.41) is 3.63. The smallest absolute Gasteiger partial charge is 0.258 e. The third-order valence-corrected chi connectivity index (χ3v) is 7.48. The van der Waals surface area contributed by atoms with E-state index in [1.165, 1.54) is 16.6 Å². The van der Waals surface area contributed by atoms with Crippen molar-refractivity contribution in [2.24, 2.45) is 0 Å². The number of nitrogens with zero attached hydrogens (tertiary/aromatic N) is 3. The van der Waals surface area contributed by atoms with Crippen LogP contribution in [0.2, 0.25) is 0 Å². The number of thiazole rings is 1. The minimum atomic E-state index is -0.167. The van der Waals surface area contributed by atoms with E-state index in [1.54, 1.807) is 11.3 Å². The number of aromatic nitrogens is 1. The van der Waals surface area contributed by atoms with E-state index in [1.807, 2.05) is 29.2 Å². The molecule has 8 heteroatoms.